The number of nitrogens with one attached hydrogen (secondary N) is 1. The summed E-state index contributed by atoms with van der Waals surface area (Å²) >= 11 is 0. The van der Waals surface area contributed by atoms with E-state index in [1.807, 2.05) is 13.0 Å². The van der Waals surface area contributed by atoms with Gasteiger partial charge in [-0.2, -0.15) is 5.10 Å². The predicted molar refractivity (Wildman–Crippen MR) is 60.6 cm³/mol. The number of aryl methyl sites for hydroxylation is 1. The molecule has 0 aromatic carbocycles. The third-order valence-electron chi connectivity index (χ3n) is 2.39. The normalized spacial score (nSPS) is 10.9. The molecule has 0 bridgehead atoms. The molecule has 1 N–H and O–H groups in total. The number of nitrogens with zero attached hydrogens (tertiary/aromatic N) is 3. The van der Waals surface area contributed by atoms with E-state index in [0.717, 1.165) is 17.8 Å². The lowest BCUT2D eigenvalue weighted by atomic mass is 10.3. The lowest BCUT2D eigenvalue weighted by Crippen LogP contribution is -2.20. The number of Topliss-reactive ketones (excluding diaryl/α,β-unsaturated/α-hetero) is 1. The first-order valence-corrected chi connectivity index (χ1v) is 5.27. The molecule has 0 atom stereocenters. The van der Waals surface area contributed by atoms with Gasteiger partial charge < -0.3 is 5.32 Å². The maximum absolute atomic E-state index is 11.8. The summed E-state index contributed by atoms with van der Waals surface area (Å²) < 4.78 is 1.66. The largest absolute Gasteiger partial charge is 0.313 e. The van der Waals surface area contributed by atoms with E-state index < -0.39 is 0 Å². The molecule has 84 valence electrons. The lowest BCUT2D eigenvalue weighted by Gasteiger charge is -2.02. The van der Waals surface area contributed by atoms with E-state index in [4.69, 9.17) is 0 Å². The molecule has 5 heteroatoms. The first-order valence-electron chi connectivity index (χ1n) is 5.27. The molecule has 0 saturated carbocycles. The number of hydrogen-bond donors (Lipinski definition) is 1. The summed E-state index contributed by atoms with van der Waals surface area (Å²) in [6, 6.07) is 3.63. The van der Waals surface area contributed by atoms with Crippen LogP contribution < -0.4 is 5.32 Å². The molecule has 0 saturated heterocycles. The van der Waals surface area contributed by atoms with Gasteiger partial charge >= 0.3 is 0 Å². The molecule has 0 spiro atoms. The smallest absolute Gasteiger partial charge is 0.194 e. The van der Waals surface area contributed by atoms with Crippen LogP contribution in [0.15, 0.2) is 18.3 Å². The first kappa shape index (κ1) is 10.8. The number of carbonyl (C=O) groups is 1. The first-order chi connectivity index (χ1) is 7.76. The van der Waals surface area contributed by atoms with E-state index in [1.165, 1.54) is 0 Å². The van der Waals surface area contributed by atoms with Crippen molar-refractivity contribution in [1.29, 1.82) is 0 Å². The van der Waals surface area contributed by atoms with Crippen LogP contribution in [0.2, 0.25) is 0 Å². The van der Waals surface area contributed by atoms with E-state index in [-0.39, 0.29) is 5.78 Å². The highest BCUT2D eigenvalue weighted by Crippen LogP contribution is 2.08. The molecule has 16 heavy (non-hydrogen) atoms. The van der Waals surface area contributed by atoms with Crippen molar-refractivity contribution in [2.45, 2.75) is 13.3 Å². The summed E-state index contributed by atoms with van der Waals surface area (Å²) in [4.78, 5) is 16.0. The Morgan fingerprint density at radius 2 is 2.31 bits per heavy atom. The minimum Gasteiger partial charge on any atom is -0.313 e. The van der Waals surface area contributed by atoms with Crippen LogP contribution in [-0.4, -0.2) is 34.0 Å². The Labute approximate surface area is 93.5 Å². The molecule has 0 radical (unpaired) electrons. The highest BCUT2D eigenvalue weighted by atomic mass is 16.1. The van der Waals surface area contributed by atoms with Crippen molar-refractivity contribution in [1.82, 2.24) is 19.9 Å². The number of likely N-dealkylation sites (N-methyl/N-ethyl adjacent to an activating group) is 1. The molecule has 0 amide bonds. The number of carbonyl (C=O) groups excluding carboxylic acids is 1. The number of aromatic nitrogens is 3. The minimum absolute atomic E-state index is 0.0308. The fourth-order valence-corrected chi connectivity index (χ4v) is 1.56. The Kier molecular flexibility index (Phi) is 2.96. The van der Waals surface area contributed by atoms with Gasteiger partial charge in [0.05, 0.1) is 18.3 Å². The number of hydrogen-bond acceptors (Lipinski definition) is 4. The summed E-state index contributed by atoms with van der Waals surface area (Å²) in [7, 11) is 1.75. The third-order valence-corrected chi connectivity index (χ3v) is 2.39. The van der Waals surface area contributed by atoms with Crippen LogP contribution in [0.4, 0.5) is 0 Å². The van der Waals surface area contributed by atoms with Crippen LogP contribution in [0, 0.1) is 0 Å². The molecule has 2 aromatic rings. The zero-order valence-electron chi connectivity index (χ0n) is 9.40. The van der Waals surface area contributed by atoms with Crippen LogP contribution in [0.3, 0.4) is 0 Å². The number of fused-ring (bicyclic) bond motifs is 1. The summed E-state index contributed by atoms with van der Waals surface area (Å²) in [6.45, 7) is 2.30. The molecule has 2 aromatic heterocycles. The van der Waals surface area contributed by atoms with Gasteiger partial charge in [-0.25, -0.2) is 9.50 Å². The Balaban J connectivity index is 2.49. The van der Waals surface area contributed by atoms with Crippen molar-refractivity contribution in [2.24, 2.45) is 0 Å². The molecule has 0 fully saturated rings. The van der Waals surface area contributed by atoms with Gasteiger partial charge in [0, 0.05) is 6.42 Å². The van der Waals surface area contributed by atoms with Crippen molar-refractivity contribution >= 4 is 11.3 Å². The van der Waals surface area contributed by atoms with Crippen molar-refractivity contribution in [2.75, 3.05) is 13.6 Å². The van der Waals surface area contributed by atoms with Gasteiger partial charge in [0.1, 0.15) is 11.5 Å². The van der Waals surface area contributed by atoms with Gasteiger partial charge in [0.2, 0.25) is 0 Å². The second kappa shape index (κ2) is 4.40. The Hall–Kier alpha value is -1.75. The molecule has 2 rings (SSSR count). The van der Waals surface area contributed by atoms with Crippen molar-refractivity contribution in [3.63, 3.8) is 0 Å². The maximum atomic E-state index is 11.8. The zero-order chi connectivity index (χ0) is 11.5. The lowest BCUT2D eigenvalue weighted by molar-refractivity contribution is 0.0987. The average Bonchev–Trinajstić information content (AvgIpc) is 2.71. The van der Waals surface area contributed by atoms with Crippen molar-refractivity contribution in [3.05, 3.63) is 29.8 Å². The van der Waals surface area contributed by atoms with Gasteiger partial charge in [-0.15, -0.1) is 0 Å². The predicted octanol–water partition coefficient (Wildman–Crippen LogP) is 0.694. The maximum Gasteiger partial charge on any atom is 0.194 e. The van der Waals surface area contributed by atoms with Crippen molar-refractivity contribution in [3.8, 4) is 0 Å². The van der Waals surface area contributed by atoms with Crippen LogP contribution in [0.1, 0.15) is 23.2 Å². The Morgan fingerprint density at radius 1 is 1.50 bits per heavy atom. The minimum atomic E-state index is 0.0308. The van der Waals surface area contributed by atoms with Gasteiger partial charge in [0.25, 0.3) is 0 Å². The molecular formula is C11H14N4O. The molecule has 0 unspecified atom stereocenters. The van der Waals surface area contributed by atoms with E-state index >= 15 is 0 Å². The summed E-state index contributed by atoms with van der Waals surface area (Å²) in [6.07, 6.45) is 2.50. The van der Waals surface area contributed by atoms with Crippen LogP contribution in [-0.2, 0) is 6.42 Å². The summed E-state index contributed by atoms with van der Waals surface area (Å²) in [5.41, 5.74) is 1.44. The van der Waals surface area contributed by atoms with Gasteiger partial charge in [-0.05, 0) is 19.2 Å². The average molecular weight is 218 g/mol. The second-order valence-electron chi connectivity index (χ2n) is 3.54. The van der Waals surface area contributed by atoms with Gasteiger partial charge in [-0.1, -0.05) is 6.92 Å². The highest BCUT2D eigenvalue weighted by molar-refractivity contribution is 5.97. The van der Waals surface area contributed by atoms with Crippen LogP contribution in [0.5, 0.6) is 0 Å². The molecule has 5 nitrogen and oxygen atoms in total. The molecule has 0 aliphatic rings. The molecule has 0 aliphatic heterocycles. The summed E-state index contributed by atoms with van der Waals surface area (Å²) in [5, 5.41) is 7.16. The molecular weight excluding hydrogens is 204 g/mol. The molecule has 2 heterocycles. The fourth-order valence-electron chi connectivity index (χ4n) is 1.56. The van der Waals surface area contributed by atoms with E-state index in [9.17, 15) is 4.79 Å². The Bertz CT molecular complexity index is 518. The molecule has 0 aliphatic carbocycles. The number of rotatable bonds is 4. The van der Waals surface area contributed by atoms with Crippen LogP contribution >= 0.6 is 0 Å². The van der Waals surface area contributed by atoms with E-state index in [1.54, 1.807) is 23.8 Å². The topological polar surface area (TPSA) is 59.3 Å². The fraction of sp³-hybridized carbons (Fsp3) is 0.364. The number of ketones is 1. The van der Waals surface area contributed by atoms with Crippen molar-refractivity contribution < 1.29 is 4.79 Å². The van der Waals surface area contributed by atoms with E-state index in [0.29, 0.717) is 12.2 Å². The standard InChI is InChI=1S/C11H14N4O/c1-3-11-13-6-8-4-5-9(15(8)14-11)10(16)7-12-2/h4-6,12H,3,7H2,1-2H3. The SMILES string of the molecule is CCc1ncc2ccc(C(=O)CNC)n2n1. The van der Waals surface area contributed by atoms with Gasteiger partial charge in [-0.3, -0.25) is 4.79 Å². The Morgan fingerprint density at radius 3 is 3.00 bits per heavy atom. The third kappa shape index (κ3) is 1.81. The van der Waals surface area contributed by atoms with E-state index in [2.05, 4.69) is 15.4 Å². The zero-order valence-corrected chi connectivity index (χ0v) is 9.40. The van der Waals surface area contributed by atoms with Gasteiger partial charge in [0.15, 0.2) is 5.78 Å². The highest BCUT2D eigenvalue weighted by Gasteiger charge is 2.11. The second-order valence-corrected chi connectivity index (χ2v) is 3.54. The summed E-state index contributed by atoms with van der Waals surface area (Å²) in [5.74, 6) is 0.769. The van der Waals surface area contributed by atoms with Crippen LogP contribution in [0.25, 0.3) is 5.52 Å². The monoisotopic (exact) mass is 218 g/mol. The quantitative estimate of drug-likeness (QED) is 0.767.